The van der Waals surface area contributed by atoms with Gasteiger partial charge in [-0.3, -0.25) is 19.2 Å². The third kappa shape index (κ3) is 7.35. The van der Waals surface area contributed by atoms with E-state index < -0.39 is 41.6 Å². The van der Waals surface area contributed by atoms with Crippen LogP contribution in [0.1, 0.15) is 67.7 Å². The number of aliphatic hydroxyl groups is 1. The van der Waals surface area contributed by atoms with E-state index in [1.54, 1.807) is 22.0 Å². The van der Waals surface area contributed by atoms with Gasteiger partial charge in [0.2, 0.25) is 11.8 Å². The molecule has 1 spiro atoms. The highest BCUT2D eigenvalue weighted by atomic mass is 16.5. The summed E-state index contributed by atoms with van der Waals surface area (Å²) >= 11 is 0. The Balaban J connectivity index is 1.46. The van der Waals surface area contributed by atoms with Crippen molar-refractivity contribution in [2.24, 2.45) is 11.8 Å². The number of anilines is 1. The van der Waals surface area contributed by atoms with Crippen LogP contribution in [-0.2, 0) is 28.7 Å². The van der Waals surface area contributed by atoms with E-state index in [4.69, 9.17) is 9.47 Å². The number of allylic oxidation sites excluding steroid dienone is 1. The van der Waals surface area contributed by atoms with Crippen molar-refractivity contribution in [3.8, 4) is 0 Å². The molecule has 0 saturated carbocycles. The summed E-state index contributed by atoms with van der Waals surface area (Å²) in [5.74, 6) is -2.97. The second-order valence-electron chi connectivity index (χ2n) is 13.4. The molecular formula is C39H49N3O7. The molecule has 2 aromatic rings. The number of aryl methyl sites for hydroxylation is 2. The quantitative estimate of drug-likeness (QED) is 0.142. The smallest absolute Gasteiger partial charge is 0.306 e. The minimum Gasteiger partial charge on any atom is -0.463 e. The summed E-state index contributed by atoms with van der Waals surface area (Å²) in [6, 6.07) is 13.6. The number of ether oxygens (including phenoxy) is 2. The normalized spacial score (nSPS) is 24.3. The Morgan fingerprint density at radius 3 is 2.61 bits per heavy atom. The van der Waals surface area contributed by atoms with Gasteiger partial charge >= 0.3 is 5.97 Å². The van der Waals surface area contributed by atoms with Crippen LogP contribution >= 0.6 is 0 Å². The molecule has 262 valence electrons. The summed E-state index contributed by atoms with van der Waals surface area (Å²) < 4.78 is 12.2. The van der Waals surface area contributed by atoms with E-state index in [2.05, 4.69) is 18.5 Å². The van der Waals surface area contributed by atoms with Gasteiger partial charge in [0.15, 0.2) is 0 Å². The highest BCUT2D eigenvalue weighted by Gasteiger charge is 2.74. The largest absolute Gasteiger partial charge is 0.463 e. The van der Waals surface area contributed by atoms with Gasteiger partial charge in [0, 0.05) is 31.8 Å². The molecule has 0 unspecified atom stereocenters. The van der Waals surface area contributed by atoms with Crippen molar-refractivity contribution < 1.29 is 33.8 Å². The second kappa shape index (κ2) is 16.0. The first-order valence-corrected chi connectivity index (χ1v) is 17.4. The fraction of sp³-hybridized carbons (Fsp3) is 0.487. The maximum absolute atomic E-state index is 14.8. The van der Waals surface area contributed by atoms with Crippen molar-refractivity contribution in [1.82, 2.24) is 10.2 Å². The Morgan fingerprint density at radius 2 is 1.90 bits per heavy atom. The summed E-state index contributed by atoms with van der Waals surface area (Å²) in [5.41, 5.74) is 2.24. The van der Waals surface area contributed by atoms with E-state index in [9.17, 15) is 24.3 Å². The maximum atomic E-state index is 14.8. The van der Waals surface area contributed by atoms with Crippen LogP contribution in [0.5, 0.6) is 0 Å². The first-order valence-electron chi connectivity index (χ1n) is 17.4. The van der Waals surface area contributed by atoms with Gasteiger partial charge in [-0.1, -0.05) is 54.6 Å². The molecule has 10 heteroatoms. The molecule has 3 aliphatic rings. The molecular weight excluding hydrogens is 622 g/mol. The molecule has 2 bridgehead atoms. The van der Waals surface area contributed by atoms with Crippen LogP contribution in [0, 0.1) is 25.7 Å². The topological polar surface area (TPSA) is 125 Å². The summed E-state index contributed by atoms with van der Waals surface area (Å²) in [5, 5.41) is 12.5. The number of esters is 1. The SMILES string of the molecule is C=CCCC(=O)OC[C@H](NC(=O)[C@@H]1[C@H]2C(=O)N(CCCCCO)[C@H](C(=O)N(CC=C)c3cc(C)ccc3C)[C@]23CC[C@H]1O3)c1ccccc1. The molecule has 10 nitrogen and oxygen atoms in total. The monoisotopic (exact) mass is 671 g/mol. The average Bonchev–Trinajstić information content (AvgIpc) is 3.75. The first-order chi connectivity index (χ1) is 23.7. The minimum atomic E-state index is -1.17. The number of amides is 3. The van der Waals surface area contributed by atoms with Gasteiger partial charge < -0.3 is 29.7 Å². The molecule has 5 rings (SSSR count). The fourth-order valence-electron chi connectivity index (χ4n) is 7.78. The van der Waals surface area contributed by atoms with Gasteiger partial charge in [0.25, 0.3) is 5.91 Å². The molecule has 3 saturated heterocycles. The molecule has 0 radical (unpaired) electrons. The number of unbranched alkanes of at least 4 members (excludes halogenated alkanes) is 2. The highest BCUT2D eigenvalue weighted by Crippen LogP contribution is 2.59. The van der Waals surface area contributed by atoms with Gasteiger partial charge in [-0.15, -0.1) is 13.2 Å². The van der Waals surface area contributed by atoms with Crippen LogP contribution < -0.4 is 10.2 Å². The molecule has 49 heavy (non-hydrogen) atoms. The van der Waals surface area contributed by atoms with Crippen LogP contribution in [0.4, 0.5) is 5.69 Å². The van der Waals surface area contributed by atoms with Crippen LogP contribution in [-0.4, -0.2) is 77.7 Å². The molecule has 0 aliphatic carbocycles. The Hall–Kier alpha value is -4.28. The molecule has 0 aromatic heterocycles. The maximum Gasteiger partial charge on any atom is 0.306 e. The van der Waals surface area contributed by atoms with Crippen molar-refractivity contribution in [3.63, 3.8) is 0 Å². The number of nitrogens with one attached hydrogen (secondary N) is 1. The minimum absolute atomic E-state index is 0.0435. The number of aliphatic hydroxyl groups excluding tert-OH is 1. The Labute approximate surface area is 289 Å². The summed E-state index contributed by atoms with van der Waals surface area (Å²) in [6.07, 6.45) is 6.32. The molecule has 3 aliphatic heterocycles. The number of rotatable bonds is 17. The summed E-state index contributed by atoms with van der Waals surface area (Å²) in [6.45, 7) is 12.0. The zero-order valence-electron chi connectivity index (χ0n) is 28.6. The zero-order valence-corrected chi connectivity index (χ0v) is 28.6. The first kappa shape index (κ1) is 36.0. The lowest BCUT2D eigenvalue weighted by Gasteiger charge is -2.37. The van der Waals surface area contributed by atoms with Crippen molar-refractivity contribution >= 4 is 29.4 Å². The van der Waals surface area contributed by atoms with Gasteiger partial charge in [0.1, 0.15) is 18.2 Å². The number of benzene rings is 2. The van der Waals surface area contributed by atoms with Crippen molar-refractivity contribution in [1.29, 1.82) is 0 Å². The highest BCUT2D eigenvalue weighted by molar-refractivity contribution is 6.05. The number of carbonyl (C=O) groups is 4. The molecule has 6 atom stereocenters. The van der Waals surface area contributed by atoms with Crippen LogP contribution in [0.15, 0.2) is 73.8 Å². The van der Waals surface area contributed by atoms with Crippen LogP contribution in [0.25, 0.3) is 0 Å². The third-order valence-electron chi connectivity index (χ3n) is 10.1. The Kier molecular flexibility index (Phi) is 11.7. The van der Waals surface area contributed by atoms with E-state index in [1.165, 1.54) is 0 Å². The number of likely N-dealkylation sites (tertiary alicyclic amines) is 1. The predicted molar refractivity (Wildman–Crippen MR) is 186 cm³/mol. The predicted octanol–water partition coefficient (Wildman–Crippen LogP) is 4.73. The van der Waals surface area contributed by atoms with E-state index in [-0.39, 0.29) is 43.9 Å². The number of nitrogens with zero attached hydrogens (tertiary/aromatic N) is 2. The Morgan fingerprint density at radius 1 is 1.12 bits per heavy atom. The van der Waals surface area contributed by atoms with Gasteiger partial charge in [-0.2, -0.15) is 0 Å². The lowest BCUT2D eigenvalue weighted by molar-refractivity contribution is -0.146. The molecule has 2 N–H and O–H groups in total. The van der Waals surface area contributed by atoms with E-state index in [0.29, 0.717) is 45.1 Å². The molecule has 2 aromatic carbocycles. The van der Waals surface area contributed by atoms with Crippen molar-refractivity contribution in [2.45, 2.75) is 82.6 Å². The number of fused-ring (bicyclic) bond motifs is 1. The molecule has 3 amide bonds. The number of carbonyl (C=O) groups excluding carboxylic acids is 4. The zero-order chi connectivity index (χ0) is 35.1. The van der Waals surface area contributed by atoms with Crippen molar-refractivity contribution in [3.05, 3.63) is 90.5 Å². The second-order valence-corrected chi connectivity index (χ2v) is 13.4. The van der Waals surface area contributed by atoms with E-state index >= 15 is 0 Å². The van der Waals surface area contributed by atoms with Crippen molar-refractivity contribution in [2.75, 3.05) is 31.2 Å². The van der Waals surface area contributed by atoms with Gasteiger partial charge in [0.05, 0.1) is 24.0 Å². The van der Waals surface area contributed by atoms with Crippen LogP contribution in [0.2, 0.25) is 0 Å². The lowest BCUT2D eigenvalue weighted by Crippen LogP contribution is -2.56. The number of hydrogen-bond acceptors (Lipinski definition) is 7. The summed E-state index contributed by atoms with van der Waals surface area (Å²) in [7, 11) is 0. The van der Waals surface area contributed by atoms with Gasteiger partial charge in [-0.05, 0) is 75.1 Å². The van der Waals surface area contributed by atoms with E-state index in [1.807, 2.05) is 62.4 Å². The van der Waals surface area contributed by atoms with E-state index in [0.717, 1.165) is 22.4 Å². The van der Waals surface area contributed by atoms with Crippen LogP contribution in [0.3, 0.4) is 0 Å². The standard InChI is InChI=1S/C39H49N3O7/c1-5-7-16-32(44)48-25-29(28-14-10-8-11-15-28)40-36(45)33-31-19-20-39(49-31)34(33)37(46)42(22-12-9-13-23-43)35(39)38(47)41(21-6-2)30-24-26(3)17-18-27(30)4/h5-6,8,10-11,14-15,17-18,24,29,31,33-35,43H,1-2,7,9,12-13,16,19-23,25H2,3-4H3,(H,40,45)/t29-,31+,33-,34-,35+,39-/m0/s1. The lowest BCUT2D eigenvalue weighted by atomic mass is 9.70. The summed E-state index contributed by atoms with van der Waals surface area (Å²) in [4.78, 5) is 59.3. The number of hydrogen-bond donors (Lipinski definition) is 2. The van der Waals surface area contributed by atoms with Gasteiger partial charge in [-0.25, -0.2) is 0 Å². The average molecular weight is 672 g/mol. The Bertz CT molecular complexity index is 1540. The fourth-order valence-corrected chi connectivity index (χ4v) is 7.78. The molecule has 3 heterocycles. The third-order valence-corrected chi connectivity index (χ3v) is 10.1. The molecule has 3 fully saturated rings.